The minimum atomic E-state index is -0.940. The van der Waals surface area contributed by atoms with Crippen LogP contribution in [-0.2, 0) is 10.2 Å². The Morgan fingerprint density at radius 3 is 2.56 bits per heavy atom. The van der Waals surface area contributed by atoms with E-state index in [1.165, 1.54) is 24.3 Å². The van der Waals surface area contributed by atoms with Crippen molar-refractivity contribution < 1.29 is 28.2 Å². The first-order chi connectivity index (χ1) is 16.6. The van der Waals surface area contributed by atoms with Gasteiger partial charge in [-0.1, -0.05) is 18.2 Å². The smallest absolute Gasteiger partial charge is 0.251 e. The van der Waals surface area contributed by atoms with Crippen molar-refractivity contribution in [2.45, 2.75) is 11.8 Å². The van der Waals surface area contributed by atoms with Gasteiger partial charge < -0.3 is 24.4 Å². The van der Waals surface area contributed by atoms with E-state index >= 15 is 0 Å². The summed E-state index contributed by atoms with van der Waals surface area (Å²) in [6, 6.07) is 16.8. The number of nitrogens with one attached hydrogen (secondary N) is 1. The van der Waals surface area contributed by atoms with Crippen LogP contribution in [0.15, 0.2) is 60.7 Å². The third-order valence-corrected chi connectivity index (χ3v) is 6.59. The third kappa shape index (κ3) is 3.02. The molecule has 3 aromatic rings. The largest absolute Gasteiger partial charge is 0.491 e. The number of benzene rings is 3. The molecule has 1 N–H and O–H groups in total. The van der Waals surface area contributed by atoms with E-state index < -0.39 is 11.2 Å². The molecule has 3 heterocycles. The van der Waals surface area contributed by atoms with E-state index in [9.17, 15) is 14.0 Å². The van der Waals surface area contributed by atoms with Crippen LogP contribution in [0.5, 0.6) is 17.2 Å². The Bertz CT molecular complexity index is 1310. The summed E-state index contributed by atoms with van der Waals surface area (Å²) >= 11 is 0. The van der Waals surface area contributed by atoms with Crippen molar-refractivity contribution in [3.8, 4) is 17.2 Å². The van der Waals surface area contributed by atoms with Crippen LogP contribution in [0.1, 0.15) is 27.9 Å². The van der Waals surface area contributed by atoms with E-state index in [2.05, 4.69) is 5.32 Å². The van der Waals surface area contributed by atoms with Gasteiger partial charge in [-0.3, -0.25) is 9.59 Å². The number of anilines is 1. The van der Waals surface area contributed by atoms with E-state index in [0.29, 0.717) is 42.3 Å². The topological polar surface area (TPSA) is 77.1 Å². The van der Waals surface area contributed by atoms with Crippen LogP contribution >= 0.6 is 0 Å². The summed E-state index contributed by atoms with van der Waals surface area (Å²) in [7, 11) is 0. The number of fused-ring (bicyclic) bond motifs is 5. The molecule has 1 spiro atoms. The molecule has 3 aliphatic heterocycles. The van der Waals surface area contributed by atoms with E-state index in [1.807, 2.05) is 30.3 Å². The molecule has 7 nitrogen and oxygen atoms in total. The number of hydrogen-bond acceptors (Lipinski definition) is 5. The van der Waals surface area contributed by atoms with Crippen molar-refractivity contribution in [3.05, 3.63) is 83.2 Å². The molecule has 172 valence electrons. The molecule has 0 aromatic heterocycles. The van der Waals surface area contributed by atoms with E-state index in [-0.39, 0.29) is 25.2 Å². The van der Waals surface area contributed by atoms with Gasteiger partial charge in [0.1, 0.15) is 23.6 Å². The fraction of sp³-hybridized carbons (Fsp3) is 0.231. The van der Waals surface area contributed by atoms with Crippen molar-refractivity contribution in [2.75, 3.05) is 31.4 Å². The predicted molar refractivity (Wildman–Crippen MR) is 121 cm³/mol. The zero-order valence-electron chi connectivity index (χ0n) is 18.2. The van der Waals surface area contributed by atoms with E-state index in [4.69, 9.17) is 14.2 Å². The molecule has 0 aliphatic carbocycles. The van der Waals surface area contributed by atoms with Gasteiger partial charge in [-0.05, 0) is 48.4 Å². The lowest BCUT2D eigenvalue weighted by Crippen LogP contribution is -2.43. The summed E-state index contributed by atoms with van der Waals surface area (Å²) in [6.07, 6.45) is 0.554. The second-order valence-electron chi connectivity index (χ2n) is 8.49. The van der Waals surface area contributed by atoms with E-state index in [1.54, 1.807) is 11.0 Å². The first-order valence-corrected chi connectivity index (χ1v) is 11.1. The number of ether oxygens (including phenoxy) is 3. The van der Waals surface area contributed by atoms with Crippen molar-refractivity contribution in [3.63, 3.8) is 0 Å². The predicted octanol–water partition coefficient (Wildman–Crippen LogP) is 3.40. The summed E-state index contributed by atoms with van der Waals surface area (Å²) < 4.78 is 30.1. The number of nitrogens with zero attached hydrogens (tertiary/aromatic N) is 1. The minimum absolute atomic E-state index is 0.0591. The Kier molecular flexibility index (Phi) is 4.69. The van der Waals surface area contributed by atoms with Gasteiger partial charge >= 0.3 is 0 Å². The molecule has 1 atom stereocenters. The Balaban J connectivity index is 1.22. The van der Waals surface area contributed by atoms with Crippen molar-refractivity contribution in [2.24, 2.45) is 0 Å². The molecule has 0 saturated heterocycles. The van der Waals surface area contributed by atoms with Gasteiger partial charge in [-0.15, -0.1) is 0 Å². The second-order valence-corrected chi connectivity index (χ2v) is 8.49. The first kappa shape index (κ1) is 20.5. The number of carbonyl (C=O) groups is 2. The number of para-hydroxylation sites is 1. The van der Waals surface area contributed by atoms with Crippen molar-refractivity contribution in [1.82, 2.24) is 5.32 Å². The number of halogens is 1. The average Bonchev–Trinajstić information content (AvgIpc) is 3.53. The second kappa shape index (κ2) is 7.76. The Morgan fingerprint density at radius 1 is 0.971 bits per heavy atom. The molecule has 8 heteroatoms. The van der Waals surface area contributed by atoms with Crippen LogP contribution in [0.4, 0.5) is 10.1 Å². The number of carbonyl (C=O) groups excluding carboxylic acids is 2. The highest BCUT2D eigenvalue weighted by molar-refractivity contribution is 6.11. The maximum Gasteiger partial charge on any atom is 0.251 e. The van der Waals surface area contributed by atoms with Crippen LogP contribution in [0.25, 0.3) is 0 Å². The molecular formula is C26H21FN2O5. The Morgan fingerprint density at radius 2 is 1.74 bits per heavy atom. The van der Waals surface area contributed by atoms with Crippen molar-refractivity contribution in [1.29, 1.82) is 0 Å². The Hall–Kier alpha value is -4.07. The Labute approximate surface area is 195 Å². The summed E-state index contributed by atoms with van der Waals surface area (Å²) in [6.45, 7) is 1.16. The maximum absolute atomic E-state index is 13.9. The van der Waals surface area contributed by atoms with Crippen LogP contribution < -0.4 is 24.4 Å². The highest BCUT2D eigenvalue weighted by Crippen LogP contribution is 2.54. The fourth-order valence-corrected chi connectivity index (χ4v) is 4.93. The molecule has 1 unspecified atom stereocenters. The molecule has 0 saturated carbocycles. The quantitative estimate of drug-likeness (QED) is 0.591. The fourth-order valence-electron chi connectivity index (χ4n) is 4.93. The van der Waals surface area contributed by atoms with Gasteiger partial charge in [0.2, 0.25) is 12.7 Å². The number of amides is 2. The number of hydrogen-bond donors (Lipinski definition) is 1. The van der Waals surface area contributed by atoms with Crippen LogP contribution in [0.3, 0.4) is 0 Å². The summed E-state index contributed by atoms with van der Waals surface area (Å²) in [4.78, 5) is 27.9. The molecule has 0 fully saturated rings. The molecule has 2 amide bonds. The van der Waals surface area contributed by atoms with Gasteiger partial charge in [0.15, 0.2) is 11.5 Å². The molecule has 0 bridgehead atoms. The zero-order chi connectivity index (χ0) is 23.3. The standard InChI is InChI=1S/C26H21FN2O5/c27-17-8-6-16(7-9-17)24(30)28-10-3-11-29-20-5-2-1-4-18(20)26(25(29)31)14-32-21-13-23-22(12-19(21)26)33-15-34-23/h1-2,4-9,12-13H,3,10-11,14-15H2,(H,28,30). The lowest BCUT2D eigenvalue weighted by atomic mass is 9.77. The summed E-state index contributed by atoms with van der Waals surface area (Å²) in [5.41, 5.74) is 1.96. The molecule has 6 rings (SSSR count). The van der Waals surface area contributed by atoms with Crippen LogP contribution in [0, 0.1) is 5.82 Å². The highest BCUT2D eigenvalue weighted by atomic mass is 19.1. The zero-order valence-corrected chi connectivity index (χ0v) is 18.2. The third-order valence-electron chi connectivity index (χ3n) is 6.59. The highest BCUT2D eigenvalue weighted by Gasteiger charge is 2.57. The molecule has 0 radical (unpaired) electrons. The molecule has 34 heavy (non-hydrogen) atoms. The summed E-state index contributed by atoms with van der Waals surface area (Å²) in [5, 5.41) is 2.83. The van der Waals surface area contributed by atoms with E-state index in [0.717, 1.165) is 16.8 Å². The monoisotopic (exact) mass is 460 g/mol. The minimum Gasteiger partial charge on any atom is -0.491 e. The van der Waals surface area contributed by atoms with Gasteiger partial charge in [0.25, 0.3) is 5.91 Å². The van der Waals surface area contributed by atoms with Gasteiger partial charge in [-0.2, -0.15) is 0 Å². The van der Waals surface area contributed by atoms with Crippen LogP contribution in [0.2, 0.25) is 0 Å². The summed E-state index contributed by atoms with van der Waals surface area (Å²) in [5.74, 6) is 1.12. The van der Waals surface area contributed by atoms with Gasteiger partial charge in [-0.25, -0.2) is 4.39 Å². The number of rotatable bonds is 5. The normalized spacial score (nSPS) is 19.2. The van der Waals surface area contributed by atoms with Crippen molar-refractivity contribution >= 4 is 17.5 Å². The first-order valence-electron chi connectivity index (χ1n) is 11.1. The SMILES string of the molecule is O=C(NCCCN1C(=O)C2(COc3cc4c(cc32)OCO4)c2ccccc21)c1ccc(F)cc1. The van der Waals surface area contributed by atoms with Gasteiger partial charge in [0, 0.05) is 36.0 Å². The molecular weight excluding hydrogens is 439 g/mol. The molecule has 3 aromatic carbocycles. The maximum atomic E-state index is 13.9. The lowest BCUT2D eigenvalue weighted by molar-refractivity contribution is -0.122. The molecule has 3 aliphatic rings. The van der Waals surface area contributed by atoms with Crippen LogP contribution in [-0.4, -0.2) is 38.3 Å². The lowest BCUT2D eigenvalue weighted by Gasteiger charge is -2.23. The van der Waals surface area contributed by atoms with Gasteiger partial charge in [0.05, 0.1) is 0 Å². The average molecular weight is 460 g/mol.